The van der Waals surface area contributed by atoms with E-state index in [1.165, 1.54) is 10.7 Å². The molecule has 1 aromatic heterocycles. The summed E-state index contributed by atoms with van der Waals surface area (Å²) in [7, 11) is 0. The van der Waals surface area contributed by atoms with E-state index in [9.17, 15) is 18.8 Å². The number of piperidine rings is 1. The van der Waals surface area contributed by atoms with E-state index in [4.69, 9.17) is 0 Å². The van der Waals surface area contributed by atoms with Gasteiger partial charge in [0, 0.05) is 23.8 Å². The van der Waals surface area contributed by atoms with Crippen LogP contribution in [0.5, 0.6) is 0 Å². The van der Waals surface area contributed by atoms with E-state index in [1.54, 1.807) is 13.0 Å². The maximum atomic E-state index is 13.9. The number of fused-ring (bicyclic) bond motifs is 1. The first-order chi connectivity index (χ1) is 10.5. The molecular formula is C15H14FN3O3. The van der Waals surface area contributed by atoms with Crippen molar-refractivity contribution in [2.75, 3.05) is 0 Å². The van der Waals surface area contributed by atoms with Crippen LogP contribution in [0, 0.1) is 12.7 Å². The molecule has 3 rings (SSSR count). The number of aldehydes is 1. The Balaban J connectivity index is 2.16. The summed E-state index contributed by atoms with van der Waals surface area (Å²) in [5.74, 6) is -1.19. The van der Waals surface area contributed by atoms with Crippen molar-refractivity contribution in [2.24, 2.45) is 0 Å². The van der Waals surface area contributed by atoms with Gasteiger partial charge >= 0.3 is 0 Å². The molecule has 1 N–H and O–H groups in total. The molecule has 2 aromatic rings. The van der Waals surface area contributed by atoms with Gasteiger partial charge in [-0.15, -0.1) is 0 Å². The summed E-state index contributed by atoms with van der Waals surface area (Å²) in [5.41, 5.74) is 1.42. The Kier molecular flexibility index (Phi) is 3.48. The number of halogens is 1. The van der Waals surface area contributed by atoms with Crippen LogP contribution in [0.2, 0.25) is 0 Å². The number of benzene rings is 1. The lowest BCUT2D eigenvalue weighted by molar-refractivity contribution is -0.135. The van der Waals surface area contributed by atoms with Gasteiger partial charge in [-0.2, -0.15) is 5.10 Å². The predicted octanol–water partition coefficient (Wildman–Crippen LogP) is 1.20. The van der Waals surface area contributed by atoms with Gasteiger partial charge < -0.3 is 4.79 Å². The standard InChI is InChI=1S/C15H14FN3O3/c1-8-14-9(6-7-20)10(16)2-3-11(14)19(18-8)12-4-5-13(21)17-15(12)22/h2-3,7,12H,4-6H2,1H3,(H,17,21,22). The quantitative estimate of drug-likeness (QED) is 0.682. The van der Waals surface area contributed by atoms with Crippen LogP contribution in [-0.4, -0.2) is 27.9 Å². The maximum absolute atomic E-state index is 13.9. The number of aryl methyl sites for hydroxylation is 1. The van der Waals surface area contributed by atoms with E-state index in [0.29, 0.717) is 29.3 Å². The Morgan fingerprint density at radius 1 is 1.45 bits per heavy atom. The Morgan fingerprint density at radius 2 is 2.23 bits per heavy atom. The summed E-state index contributed by atoms with van der Waals surface area (Å²) in [4.78, 5) is 34.0. The molecule has 0 bridgehead atoms. The van der Waals surface area contributed by atoms with Crippen LogP contribution in [0.1, 0.15) is 30.1 Å². The number of hydrogen-bond acceptors (Lipinski definition) is 4. The molecule has 1 aromatic carbocycles. The summed E-state index contributed by atoms with van der Waals surface area (Å²) in [6.07, 6.45) is 1.17. The number of nitrogens with zero attached hydrogens (tertiary/aromatic N) is 2. The van der Waals surface area contributed by atoms with E-state index < -0.39 is 17.8 Å². The molecule has 114 valence electrons. The van der Waals surface area contributed by atoms with Crippen LogP contribution in [0.4, 0.5) is 4.39 Å². The van der Waals surface area contributed by atoms with Crippen LogP contribution in [0.15, 0.2) is 12.1 Å². The predicted molar refractivity (Wildman–Crippen MR) is 75.6 cm³/mol. The molecule has 7 heteroatoms. The van der Waals surface area contributed by atoms with Crippen molar-refractivity contribution in [2.45, 2.75) is 32.2 Å². The van der Waals surface area contributed by atoms with Crippen LogP contribution in [0.25, 0.3) is 10.9 Å². The zero-order chi connectivity index (χ0) is 15.9. The number of imide groups is 1. The first-order valence-corrected chi connectivity index (χ1v) is 6.96. The average molecular weight is 303 g/mol. The highest BCUT2D eigenvalue weighted by Crippen LogP contribution is 2.29. The van der Waals surface area contributed by atoms with Crippen molar-refractivity contribution < 1.29 is 18.8 Å². The van der Waals surface area contributed by atoms with Crippen LogP contribution in [0.3, 0.4) is 0 Å². The third kappa shape index (κ3) is 2.18. The minimum absolute atomic E-state index is 0.0505. The van der Waals surface area contributed by atoms with Gasteiger partial charge in [0.05, 0.1) is 11.2 Å². The molecule has 0 aliphatic carbocycles. The normalized spacial score (nSPS) is 18.5. The van der Waals surface area contributed by atoms with Crippen molar-refractivity contribution in [1.29, 1.82) is 0 Å². The summed E-state index contributed by atoms with van der Waals surface area (Å²) < 4.78 is 15.5. The maximum Gasteiger partial charge on any atom is 0.251 e. The Morgan fingerprint density at radius 3 is 2.91 bits per heavy atom. The number of hydrogen-bond donors (Lipinski definition) is 1. The molecule has 1 aliphatic heterocycles. The minimum atomic E-state index is -0.608. The lowest BCUT2D eigenvalue weighted by Crippen LogP contribution is -2.42. The lowest BCUT2D eigenvalue weighted by atomic mass is 10.0. The van der Waals surface area contributed by atoms with Gasteiger partial charge in [0.2, 0.25) is 5.91 Å². The second-order valence-corrected chi connectivity index (χ2v) is 5.29. The number of carbonyl (C=O) groups excluding carboxylic acids is 3. The summed E-state index contributed by atoms with van der Waals surface area (Å²) in [5, 5.41) is 7.17. The van der Waals surface area contributed by atoms with Crippen molar-refractivity contribution >= 4 is 29.0 Å². The molecule has 2 heterocycles. The Hall–Kier alpha value is -2.57. The topological polar surface area (TPSA) is 81.1 Å². The molecule has 22 heavy (non-hydrogen) atoms. The van der Waals surface area contributed by atoms with Gasteiger partial charge in [0.15, 0.2) is 0 Å². The SMILES string of the molecule is Cc1nn(C2CCC(=O)NC2=O)c2ccc(F)c(CC=O)c12. The highest BCUT2D eigenvalue weighted by atomic mass is 19.1. The molecule has 6 nitrogen and oxygen atoms in total. The molecule has 1 fully saturated rings. The van der Waals surface area contributed by atoms with Gasteiger partial charge in [0.1, 0.15) is 18.1 Å². The van der Waals surface area contributed by atoms with Crippen molar-refractivity contribution in [3.63, 3.8) is 0 Å². The number of aromatic nitrogens is 2. The first-order valence-electron chi connectivity index (χ1n) is 6.96. The molecule has 2 amide bonds. The molecule has 1 aliphatic rings. The van der Waals surface area contributed by atoms with Gasteiger partial charge in [-0.1, -0.05) is 0 Å². The van der Waals surface area contributed by atoms with Gasteiger partial charge in [0.25, 0.3) is 5.91 Å². The molecule has 1 unspecified atom stereocenters. The zero-order valence-corrected chi connectivity index (χ0v) is 11.9. The van der Waals surface area contributed by atoms with E-state index in [2.05, 4.69) is 10.4 Å². The third-order valence-corrected chi connectivity index (χ3v) is 3.89. The van der Waals surface area contributed by atoms with Crippen LogP contribution in [-0.2, 0) is 20.8 Å². The summed E-state index contributed by atoms with van der Waals surface area (Å²) in [6.45, 7) is 1.71. The molecule has 0 saturated carbocycles. The summed E-state index contributed by atoms with van der Waals surface area (Å²) in [6, 6.07) is 2.20. The van der Waals surface area contributed by atoms with Gasteiger partial charge in [-0.05, 0) is 25.5 Å². The molecule has 0 radical (unpaired) electrons. The molecule has 0 spiro atoms. The molecular weight excluding hydrogens is 289 g/mol. The lowest BCUT2D eigenvalue weighted by Gasteiger charge is -2.21. The fraction of sp³-hybridized carbons (Fsp3) is 0.333. The van der Waals surface area contributed by atoms with Crippen LogP contribution < -0.4 is 5.32 Å². The van der Waals surface area contributed by atoms with Crippen molar-refractivity contribution in [3.05, 3.63) is 29.2 Å². The van der Waals surface area contributed by atoms with Crippen molar-refractivity contribution in [3.8, 4) is 0 Å². The van der Waals surface area contributed by atoms with Gasteiger partial charge in [-0.25, -0.2) is 4.39 Å². The fourth-order valence-corrected chi connectivity index (χ4v) is 2.91. The molecule has 1 saturated heterocycles. The number of amides is 2. The van der Waals surface area contributed by atoms with E-state index in [-0.39, 0.29) is 24.3 Å². The van der Waals surface area contributed by atoms with Gasteiger partial charge in [-0.3, -0.25) is 19.6 Å². The second-order valence-electron chi connectivity index (χ2n) is 5.29. The number of nitrogens with one attached hydrogen (secondary N) is 1. The number of rotatable bonds is 3. The summed E-state index contributed by atoms with van der Waals surface area (Å²) >= 11 is 0. The van der Waals surface area contributed by atoms with Crippen molar-refractivity contribution in [1.82, 2.24) is 15.1 Å². The number of carbonyl (C=O) groups is 3. The minimum Gasteiger partial charge on any atom is -0.303 e. The zero-order valence-electron chi connectivity index (χ0n) is 11.9. The fourth-order valence-electron chi connectivity index (χ4n) is 2.91. The molecule has 1 atom stereocenters. The van der Waals surface area contributed by atoms with E-state index >= 15 is 0 Å². The Labute approximate surface area is 125 Å². The third-order valence-electron chi connectivity index (χ3n) is 3.89. The van der Waals surface area contributed by atoms with E-state index in [1.807, 2.05) is 0 Å². The second kappa shape index (κ2) is 5.32. The Bertz CT molecular complexity index is 797. The monoisotopic (exact) mass is 303 g/mol. The largest absolute Gasteiger partial charge is 0.303 e. The highest BCUT2D eigenvalue weighted by Gasteiger charge is 2.30. The smallest absolute Gasteiger partial charge is 0.251 e. The van der Waals surface area contributed by atoms with E-state index in [0.717, 1.165) is 0 Å². The highest BCUT2D eigenvalue weighted by molar-refractivity contribution is 6.00. The first kappa shape index (κ1) is 14.4. The van der Waals surface area contributed by atoms with Crippen LogP contribution >= 0.6 is 0 Å². The average Bonchev–Trinajstić information content (AvgIpc) is 2.79.